The predicted molar refractivity (Wildman–Crippen MR) is 67.6 cm³/mol. The van der Waals surface area contributed by atoms with Crippen LogP contribution in [0.3, 0.4) is 0 Å². The average Bonchev–Trinajstić information content (AvgIpc) is 2.31. The Balaban J connectivity index is 2.84. The topological polar surface area (TPSA) is 89.8 Å². The highest BCUT2D eigenvalue weighted by atomic mass is 16.3. The van der Waals surface area contributed by atoms with Gasteiger partial charge in [0.05, 0.1) is 5.56 Å². The Hall–Kier alpha value is -1.75. The SMILES string of the molecule is CC(C)C(CCO)NC(=O)c1cccc(O)c1O. The summed E-state index contributed by atoms with van der Waals surface area (Å²) in [5.41, 5.74) is 0.0265. The molecule has 1 aromatic rings. The molecule has 100 valence electrons. The van der Waals surface area contributed by atoms with Gasteiger partial charge in [-0.15, -0.1) is 0 Å². The highest BCUT2D eigenvalue weighted by molar-refractivity contribution is 5.97. The van der Waals surface area contributed by atoms with Crippen molar-refractivity contribution in [1.29, 1.82) is 0 Å². The predicted octanol–water partition coefficient (Wildman–Crippen LogP) is 1.23. The smallest absolute Gasteiger partial charge is 0.255 e. The van der Waals surface area contributed by atoms with Gasteiger partial charge < -0.3 is 20.6 Å². The number of aromatic hydroxyl groups is 2. The van der Waals surface area contributed by atoms with Crippen LogP contribution >= 0.6 is 0 Å². The fourth-order valence-corrected chi connectivity index (χ4v) is 1.67. The zero-order valence-corrected chi connectivity index (χ0v) is 10.6. The molecule has 0 saturated carbocycles. The van der Waals surface area contributed by atoms with Crippen LogP contribution in [0.2, 0.25) is 0 Å². The summed E-state index contributed by atoms with van der Waals surface area (Å²) in [6, 6.07) is 4.05. The monoisotopic (exact) mass is 253 g/mol. The molecule has 5 nitrogen and oxygen atoms in total. The first-order chi connectivity index (χ1) is 8.47. The number of rotatable bonds is 5. The van der Waals surface area contributed by atoms with Gasteiger partial charge in [-0.25, -0.2) is 0 Å². The number of hydrogen-bond donors (Lipinski definition) is 4. The van der Waals surface area contributed by atoms with Gasteiger partial charge >= 0.3 is 0 Å². The number of nitrogens with one attached hydrogen (secondary N) is 1. The normalized spacial score (nSPS) is 12.4. The molecule has 1 aromatic carbocycles. The fraction of sp³-hybridized carbons (Fsp3) is 0.462. The van der Waals surface area contributed by atoms with E-state index in [0.717, 1.165) is 0 Å². The van der Waals surface area contributed by atoms with Crippen molar-refractivity contribution < 1.29 is 20.1 Å². The van der Waals surface area contributed by atoms with E-state index in [1.54, 1.807) is 0 Å². The number of phenolic OH excluding ortho intramolecular Hbond substituents is 2. The van der Waals surface area contributed by atoms with E-state index >= 15 is 0 Å². The Kier molecular flexibility index (Phi) is 4.97. The van der Waals surface area contributed by atoms with Crippen molar-refractivity contribution in [2.24, 2.45) is 5.92 Å². The molecule has 0 saturated heterocycles. The quantitative estimate of drug-likeness (QED) is 0.594. The number of aliphatic hydroxyl groups excluding tert-OH is 1. The number of carbonyl (C=O) groups is 1. The van der Waals surface area contributed by atoms with Crippen LogP contribution < -0.4 is 5.32 Å². The maximum Gasteiger partial charge on any atom is 0.255 e. The van der Waals surface area contributed by atoms with E-state index in [1.807, 2.05) is 13.8 Å². The van der Waals surface area contributed by atoms with Crippen LogP contribution in [0.5, 0.6) is 11.5 Å². The van der Waals surface area contributed by atoms with Crippen LogP contribution in [-0.2, 0) is 0 Å². The van der Waals surface area contributed by atoms with Gasteiger partial charge in [0.15, 0.2) is 11.5 Å². The van der Waals surface area contributed by atoms with Gasteiger partial charge in [0.25, 0.3) is 5.91 Å². The lowest BCUT2D eigenvalue weighted by molar-refractivity contribution is 0.0913. The average molecular weight is 253 g/mol. The van der Waals surface area contributed by atoms with E-state index < -0.39 is 11.7 Å². The molecular weight excluding hydrogens is 234 g/mol. The standard InChI is InChI=1S/C13H19NO4/c1-8(2)10(6-7-15)14-13(18)9-4-3-5-11(16)12(9)17/h3-5,8,10,15-17H,6-7H2,1-2H3,(H,14,18). The fourth-order valence-electron chi connectivity index (χ4n) is 1.67. The molecule has 1 unspecified atom stereocenters. The molecule has 0 spiro atoms. The molecule has 0 radical (unpaired) electrons. The zero-order valence-electron chi connectivity index (χ0n) is 10.6. The maximum atomic E-state index is 11.9. The number of amides is 1. The van der Waals surface area contributed by atoms with Crippen molar-refractivity contribution >= 4 is 5.91 Å². The summed E-state index contributed by atoms with van der Waals surface area (Å²) >= 11 is 0. The number of hydrogen-bond acceptors (Lipinski definition) is 4. The van der Waals surface area contributed by atoms with Gasteiger partial charge in [-0.3, -0.25) is 4.79 Å². The Bertz CT molecular complexity index is 417. The Morgan fingerprint density at radius 2 is 2.00 bits per heavy atom. The third-order valence-electron chi connectivity index (χ3n) is 2.82. The van der Waals surface area contributed by atoms with Crippen LogP contribution in [0.25, 0.3) is 0 Å². The van der Waals surface area contributed by atoms with E-state index in [-0.39, 0.29) is 29.9 Å². The first kappa shape index (κ1) is 14.3. The van der Waals surface area contributed by atoms with E-state index in [4.69, 9.17) is 5.11 Å². The largest absolute Gasteiger partial charge is 0.504 e. The minimum absolute atomic E-state index is 0.0187. The Morgan fingerprint density at radius 3 is 2.56 bits per heavy atom. The van der Waals surface area contributed by atoms with Gasteiger partial charge in [-0.1, -0.05) is 19.9 Å². The molecule has 1 rings (SSSR count). The van der Waals surface area contributed by atoms with Crippen LogP contribution in [-0.4, -0.2) is 33.9 Å². The third kappa shape index (κ3) is 3.37. The highest BCUT2D eigenvalue weighted by Crippen LogP contribution is 2.28. The lowest BCUT2D eigenvalue weighted by Crippen LogP contribution is -2.39. The van der Waals surface area contributed by atoms with Crippen LogP contribution in [0.4, 0.5) is 0 Å². The zero-order chi connectivity index (χ0) is 13.7. The molecule has 1 atom stereocenters. The van der Waals surface area contributed by atoms with Crippen molar-refractivity contribution in [1.82, 2.24) is 5.32 Å². The number of aliphatic hydroxyl groups is 1. The second-order valence-corrected chi connectivity index (χ2v) is 4.51. The molecule has 18 heavy (non-hydrogen) atoms. The first-order valence-corrected chi connectivity index (χ1v) is 5.90. The van der Waals surface area contributed by atoms with Crippen LogP contribution in [0, 0.1) is 5.92 Å². The van der Waals surface area contributed by atoms with Gasteiger partial charge in [0.2, 0.25) is 0 Å². The van der Waals surface area contributed by atoms with Crippen molar-refractivity contribution in [2.75, 3.05) is 6.61 Å². The third-order valence-corrected chi connectivity index (χ3v) is 2.82. The van der Waals surface area contributed by atoms with E-state index in [1.165, 1.54) is 18.2 Å². The van der Waals surface area contributed by atoms with E-state index in [9.17, 15) is 15.0 Å². The molecule has 1 amide bonds. The van der Waals surface area contributed by atoms with Gasteiger partial charge in [0, 0.05) is 12.6 Å². The molecule has 0 bridgehead atoms. The minimum atomic E-state index is -0.462. The molecule has 0 fully saturated rings. The summed E-state index contributed by atoms with van der Waals surface area (Å²) in [5.74, 6) is -1.05. The molecule has 4 N–H and O–H groups in total. The second kappa shape index (κ2) is 6.26. The highest BCUT2D eigenvalue weighted by Gasteiger charge is 2.19. The van der Waals surface area contributed by atoms with Crippen molar-refractivity contribution in [3.8, 4) is 11.5 Å². The first-order valence-electron chi connectivity index (χ1n) is 5.90. The number of carbonyl (C=O) groups excluding carboxylic acids is 1. The van der Waals surface area contributed by atoms with Crippen molar-refractivity contribution in [3.05, 3.63) is 23.8 Å². The summed E-state index contributed by atoms with van der Waals surface area (Å²) in [4.78, 5) is 11.9. The van der Waals surface area contributed by atoms with Crippen LogP contribution in [0.1, 0.15) is 30.6 Å². The molecule has 0 heterocycles. The molecular formula is C13H19NO4. The molecule has 0 aromatic heterocycles. The van der Waals surface area contributed by atoms with E-state index in [0.29, 0.717) is 6.42 Å². The minimum Gasteiger partial charge on any atom is -0.504 e. The van der Waals surface area contributed by atoms with Crippen LogP contribution in [0.15, 0.2) is 18.2 Å². The van der Waals surface area contributed by atoms with Gasteiger partial charge in [0.1, 0.15) is 0 Å². The molecule has 0 aliphatic rings. The lowest BCUT2D eigenvalue weighted by Gasteiger charge is -2.21. The van der Waals surface area contributed by atoms with Gasteiger partial charge in [-0.05, 0) is 24.5 Å². The molecule has 0 aliphatic heterocycles. The summed E-state index contributed by atoms with van der Waals surface area (Å²) in [5, 5.41) is 30.6. The van der Waals surface area contributed by atoms with E-state index in [2.05, 4.69) is 5.32 Å². The van der Waals surface area contributed by atoms with Crippen molar-refractivity contribution in [2.45, 2.75) is 26.3 Å². The second-order valence-electron chi connectivity index (χ2n) is 4.51. The molecule has 5 heteroatoms. The van der Waals surface area contributed by atoms with Gasteiger partial charge in [-0.2, -0.15) is 0 Å². The number of benzene rings is 1. The summed E-state index contributed by atoms with van der Waals surface area (Å²) in [7, 11) is 0. The Morgan fingerprint density at radius 1 is 1.33 bits per heavy atom. The lowest BCUT2D eigenvalue weighted by atomic mass is 10.0. The summed E-state index contributed by atoms with van der Waals surface area (Å²) < 4.78 is 0. The summed E-state index contributed by atoms with van der Waals surface area (Å²) in [6.45, 7) is 3.85. The van der Waals surface area contributed by atoms with Crippen molar-refractivity contribution in [3.63, 3.8) is 0 Å². The molecule has 0 aliphatic carbocycles. The Labute approximate surface area is 106 Å². The number of phenols is 2. The maximum absolute atomic E-state index is 11.9. The summed E-state index contributed by atoms with van der Waals surface area (Å²) in [6.07, 6.45) is 0.447. The number of para-hydroxylation sites is 1.